The number of hydroxylamine groups is 1. The molecule has 1 heterocycles. The zero-order chi connectivity index (χ0) is 16.7. The van der Waals surface area contributed by atoms with Crippen LogP contribution in [0.25, 0.3) is 6.08 Å². The summed E-state index contributed by atoms with van der Waals surface area (Å²) in [7, 11) is 0. The number of aryl methyl sites for hydroxylation is 2. The van der Waals surface area contributed by atoms with Crippen LogP contribution < -0.4 is 11.0 Å². The number of nitrogens with one attached hydrogen (secondary N) is 1. The van der Waals surface area contributed by atoms with E-state index < -0.39 is 5.91 Å². The Hall–Kier alpha value is -2.73. The Morgan fingerprint density at radius 1 is 1.26 bits per heavy atom. The molecule has 0 saturated heterocycles. The largest absolute Gasteiger partial charge is 0.315 e. The molecule has 0 saturated carbocycles. The van der Waals surface area contributed by atoms with Gasteiger partial charge in [-0.15, -0.1) is 0 Å². The molecule has 0 unspecified atom stereocenters. The van der Waals surface area contributed by atoms with Crippen molar-refractivity contribution in [3.63, 3.8) is 0 Å². The van der Waals surface area contributed by atoms with Crippen molar-refractivity contribution in [3.8, 4) is 0 Å². The lowest BCUT2D eigenvalue weighted by Gasteiger charge is -2.07. The second kappa shape index (κ2) is 8.05. The highest BCUT2D eigenvalue weighted by atomic mass is 19.1. The van der Waals surface area contributed by atoms with Crippen LogP contribution in [0.15, 0.2) is 53.5 Å². The van der Waals surface area contributed by atoms with Gasteiger partial charge in [-0.2, -0.15) is 0 Å². The molecule has 5 nitrogen and oxygen atoms in total. The molecule has 6 heteroatoms. The Morgan fingerprint density at radius 3 is 2.70 bits per heavy atom. The van der Waals surface area contributed by atoms with Gasteiger partial charge in [0.1, 0.15) is 5.82 Å². The van der Waals surface area contributed by atoms with Crippen LogP contribution in [0.1, 0.15) is 17.5 Å². The summed E-state index contributed by atoms with van der Waals surface area (Å²) in [6.07, 6.45) is 5.58. The van der Waals surface area contributed by atoms with E-state index in [2.05, 4.69) is 0 Å². The third-order valence-corrected chi connectivity index (χ3v) is 3.35. The number of carbonyl (C=O) groups is 1. The third-order valence-electron chi connectivity index (χ3n) is 3.35. The van der Waals surface area contributed by atoms with Crippen LogP contribution in [0.5, 0.6) is 0 Å². The summed E-state index contributed by atoms with van der Waals surface area (Å²) in [6, 6.07) is 9.60. The molecule has 2 N–H and O–H groups in total. The lowest BCUT2D eigenvalue weighted by atomic mass is 10.1. The lowest BCUT2D eigenvalue weighted by molar-refractivity contribution is -0.124. The topological polar surface area (TPSA) is 71.3 Å². The molecule has 2 rings (SSSR count). The molecule has 1 amide bonds. The molecule has 0 aliphatic carbocycles. The van der Waals surface area contributed by atoms with E-state index in [-0.39, 0.29) is 11.4 Å². The molecule has 0 radical (unpaired) electrons. The van der Waals surface area contributed by atoms with Crippen LogP contribution in [0, 0.1) is 5.82 Å². The van der Waals surface area contributed by atoms with Crippen molar-refractivity contribution in [2.45, 2.75) is 19.4 Å². The summed E-state index contributed by atoms with van der Waals surface area (Å²) in [4.78, 5) is 23.2. The number of hydrogen-bond acceptors (Lipinski definition) is 3. The average Bonchev–Trinajstić information content (AvgIpc) is 2.56. The van der Waals surface area contributed by atoms with Crippen LogP contribution >= 0.6 is 0 Å². The van der Waals surface area contributed by atoms with Gasteiger partial charge in [-0.05, 0) is 48.7 Å². The van der Waals surface area contributed by atoms with Crippen molar-refractivity contribution in [2.75, 3.05) is 0 Å². The fourth-order valence-electron chi connectivity index (χ4n) is 2.17. The van der Waals surface area contributed by atoms with E-state index in [4.69, 9.17) is 5.21 Å². The van der Waals surface area contributed by atoms with Gasteiger partial charge in [-0.1, -0.05) is 12.1 Å². The van der Waals surface area contributed by atoms with Crippen molar-refractivity contribution in [2.24, 2.45) is 0 Å². The molecule has 0 aliphatic rings. The van der Waals surface area contributed by atoms with Crippen LogP contribution in [0.3, 0.4) is 0 Å². The van der Waals surface area contributed by atoms with Gasteiger partial charge in [0.25, 0.3) is 11.5 Å². The minimum Gasteiger partial charge on any atom is -0.315 e. The van der Waals surface area contributed by atoms with Gasteiger partial charge < -0.3 is 4.57 Å². The first-order valence-electron chi connectivity index (χ1n) is 7.16. The Balaban J connectivity index is 2.00. The van der Waals surface area contributed by atoms with E-state index in [1.807, 2.05) is 0 Å². The number of halogens is 1. The van der Waals surface area contributed by atoms with Crippen molar-refractivity contribution < 1.29 is 14.4 Å². The molecule has 1 aromatic carbocycles. The number of hydrogen-bond donors (Lipinski definition) is 2. The Labute approximate surface area is 132 Å². The second-order valence-corrected chi connectivity index (χ2v) is 5.00. The number of rotatable bonds is 6. The van der Waals surface area contributed by atoms with Gasteiger partial charge in [-0.3, -0.25) is 14.8 Å². The summed E-state index contributed by atoms with van der Waals surface area (Å²) < 4.78 is 14.4. The molecular weight excluding hydrogens is 299 g/mol. The standard InChI is InChI=1S/C17H17FN2O3/c18-15-8-5-13(6-9-15)3-1-11-20-12-2-4-14(17(20)22)7-10-16(21)19-23/h2,4-10,12,23H,1,3,11H2,(H,19,21)/b10-7+. The van der Waals surface area contributed by atoms with Gasteiger partial charge in [0, 0.05) is 24.4 Å². The maximum Gasteiger partial charge on any atom is 0.267 e. The number of benzene rings is 1. The number of amides is 1. The minimum absolute atomic E-state index is 0.214. The van der Waals surface area contributed by atoms with E-state index in [1.54, 1.807) is 35.0 Å². The number of aromatic nitrogens is 1. The fourth-order valence-corrected chi connectivity index (χ4v) is 2.17. The van der Waals surface area contributed by atoms with Crippen LogP contribution in [-0.4, -0.2) is 15.7 Å². The van der Waals surface area contributed by atoms with Gasteiger partial charge in [0.05, 0.1) is 0 Å². The van der Waals surface area contributed by atoms with Crippen LogP contribution in [0.4, 0.5) is 4.39 Å². The predicted octanol–water partition coefficient (Wildman–Crippen LogP) is 2.14. The average molecular weight is 316 g/mol. The molecule has 1 aromatic heterocycles. The lowest BCUT2D eigenvalue weighted by Crippen LogP contribution is -2.22. The van der Waals surface area contributed by atoms with E-state index >= 15 is 0 Å². The van der Waals surface area contributed by atoms with Crippen molar-refractivity contribution in [1.82, 2.24) is 10.0 Å². The highest BCUT2D eigenvalue weighted by molar-refractivity contribution is 5.90. The van der Waals surface area contributed by atoms with Gasteiger partial charge in [0.15, 0.2) is 0 Å². The second-order valence-electron chi connectivity index (χ2n) is 5.00. The molecule has 23 heavy (non-hydrogen) atoms. The van der Waals surface area contributed by atoms with Crippen LogP contribution in [-0.2, 0) is 17.8 Å². The van der Waals surface area contributed by atoms with E-state index in [1.165, 1.54) is 23.7 Å². The fraction of sp³-hybridized carbons (Fsp3) is 0.176. The quantitative estimate of drug-likeness (QED) is 0.487. The first-order chi connectivity index (χ1) is 11.1. The van der Waals surface area contributed by atoms with Crippen molar-refractivity contribution in [3.05, 3.63) is 76.0 Å². The normalized spacial score (nSPS) is 10.9. The summed E-state index contributed by atoms with van der Waals surface area (Å²) in [5.74, 6) is -0.965. The van der Waals surface area contributed by atoms with Crippen LogP contribution in [0.2, 0.25) is 0 Å². The summed E-state index contributed by atoms with van der Waals surface area (Å²) >= 11 is 0. The summed E-state index contributed by atoms with van der Waals surface area (Å²) in [5, 5.41) is 8.42. The third kappa shape index (κ3) is 4.89. The van der Waals surface area contributed by atoms with Gasteiger partial charge >= 0.3 is 0 Å². The number of carbonyl (C=O) groups excluding carboxylic acids is 1. The van der Waals surface area contributed by atoms with Crippen molar-refractivity contribution in [1.29, 1.82) is 0 Å². The Bertz CT molecular complexity index is 751. The SMILES string of the molecule is O=C(/C=C/c1cccn(CCCc2ccc(F)cc2)c1=O)NO. The monoisotopic (exact) mass is 316 g/mol. The molecule has 0 aliphatic heterocycles. The molecule has 120 valence electrons. The maximum absolute atomic E-state index is 12.8. The first kappa shape index (κ1) is 16.6. The minimum atomic E-state index is -0.698. The molecule has 0 atom stereocenters. The molecule has 0 fully saturated rings. The molecule has 2 aromatic rings. The molecule has 0 bridgehead atoms. The first-order valence-corrected chi connectivity index (χ1v) is 7.16. The Kier molecular flexibility index (Phi) is 5.82. The smallest absolute Gasteiger partial charge is 0.267 e. The van der Waals surface area contributed by atoms with Crippen molar-refractivity contribution >= 4 is 12.0 Å². The van der Waals surface area contributed by atoms with Gasteiger partial charge in [0.2, 0.25) is 0 Å². The van der Waals surface area contributed by atoms with E-state index in [0.29, 0.717) is 12.1 Å². The highest BCUT2D eigenvalue weighted by Crippen LogP contribution is 2.06. The van der Waals surface area contributed by atoms with E-state index in [9.17, 15) is 14.0 Å². The maximum atomic E-state index is 12.8. The highest BCUT2D eigenvalue weighted by Gasteiger charge is 2.02. The Morgan fingerprint density at radius 2 is 2.00 bits per heavy atom. The number of nitrogens with zero attached hydrogens (tertiary/aromatic N) is 1. The van der Waals surface area contributed by atoms with Gasteiger partial charge in [-0.25, -0.2) is 9.87 Å². The number of pyridine rings is 1. The predicted molar refractivity (Wildman–Crippen MR) is 84.4 cm³/mol. The molecule has 0 spiro atoms. The summed E-state index contributed by atoms with van der Waals surface area (Å²) in [6.45, 7) is 0.518. The van der Waals surface area contributed by atoms with E-state index in [0.717, 1.165) is 24.5 Å². The zero-order valence-corrected chi connectivity index (χ0v) is 12.4. The molecular formula is C17H17FN2O3. The summed E-state index contributed by atoms with van der Waals surface area (Å²) in [5.41, 5.74) is 2.62. The zero-order valence-electron chi connectivity index (χ0n) is 12.4.